The van der Waals surface area contributed by atoms with Gasteiger partial charge in [0.1, 0.15) is 6.23 Å². The van der Waals surface area contributed by atoms with E-state index >= 15 is 0 Å². The predicted molar refractivity (Wildman–Crippen MR) is 93.4 cm³/mol. The predicted octanol–water partition coefficient (Wildman–Crippen LogP) is 0.194. The molecule has 1 aromatic rings. The number of H-pyrrole nitrogens is 1. The fourth-order valence-corrected chi connectivity index (χ4v) is 5.94. The van der Waals surface area contributed by atoms with Crippen LogP contribution >= 0.6 is 23.5 Å². The molecular formula is C11H19N2O13P3. The van der Waals surface area contributed by atoms with Crippen LogP contribution in [0.4, 0.5) is 0 Å². The first kappa shape index (κ1) is 24.3. The first-order chi connectivity index (χ1) is 13.0. The van der Waals surface area contributed by atoms with Crippen LogP contribution in [-0.2, 0) is 31.6 Å². The maximum Gasteiger partial charge on any atom is 0.490 e. The highest BCUT2D eigenvalue weighted by Gasteiger charge is 2.46. The zero-order valence-electron chi connectivity index (χ0n) is 15.0. The van der Waals surface area contributed by atoms with Gasteiger partial charge in [0.2, 0.25) is 0 Å². The van der Waals surface area contributed by atoms with Crippen LogP contribution in [0, 0.1) is 5.92 Å². The van der Waals surface area contributed by atoms with E-state index in [4.69, 9.17) is 19.4 Å². The van der Waals surface area contributed by atoms with Gasteiger partial charge >= 0.3 is 29.2 Å². The Kier molecular flexibility index (Phi) is 6.95. The van der Waals surface area contributed by atoms with Crippen molar-refractivity contribution in [3.8, 4) is 0 Å². The fraction of sp³-hybridized carbons (Fsp3) is 0.636. The van der Waals surface area contributed by atoms with Crippen molar-refractivity contribution < 1.29 is 51.2 Å². The molecule has 1 aliphatic rings. The number of phosphoric acid groups is 3. The number of ether oxygens (including phenoxy) is 1. The van der Waals surface area contributed by atoms with Crippen LogP contribution in [0.2, 0.25) is 0 Å². The van der Waals surface area contributed by atoms with Gasteiger partial charge in [-0.1, -0.05) is 6.92 Å². The SMILES string of the molecule is C[C@H]1C[C@@](C)(COP(=O)(O)OP(=O)(O)OP(=O)(O)O)O[C@H]1n1ccc(=O)[nH]c1=O. The lowest BCUT2D eigenvalue weighted by Crippen LogP contribution is -2.35. The standard InChI is InChI=1S/C11H19N2O13P3/c1-7-5-11(2,24-9(7)13-4-3-8(14)12-10(13)15)6-23-28(19,20)26-29(21,22)25-27(16,17)18/h3-4,7,9H,5-6H2,1-2H3,(H,19,20)(H,21,22)(H,12,14,15)(H2,16,17,18)/t7-,9+,11-/m0/s1. The summed E-state index contributed by atoms with van der Waals surface area (Å²) in [4.78, 5) is 60.8. The molecule has 1 saturated heterocycles. The van der Waals surface area contributed by atoms with Gasteiger partial charge in [-0.25, -0.2) is 18.5 Å². The highest BCUT2D eigenvalue weighted by Crippen LogP contribution is 2.66. The zero-order valence-corrected chi connectivity index (χ0v) is 17.7. The Hall–Kier alpha value is -0.950. The monoisotopic (exact) mass is 480 g/mol. The molecule has 0 saturated carbocycles. The molecule has 1 fully saturated rings. The molecule has 5 N–H and O–H groups in total. The number of phosphoric ester groups is 1. The van der Waals surface area contributed by atoms with E-state index in [-0.39, 0.29) is 12.3 Å². The van der Waals surface area contributed by atoms with E-state index in [1.807, 2.05) is 0 Å². The average Bonchev–Trinajstić information content (AvgIpc) is 2.77. The summed E-state index contributed by atoms with van der Waals surface area (Å²) in [5, 5.41) is 0. The molecule has 18 heteroatoms. The Morgan fingerprint density at radius 1 is 1.21 bits per heavy atom. The van der Waals surface area contributed by atoms with Gasteiger partial charge in [-0.05, 0) is 13.3 Å². The molecule has 0 aromatic carbocycles. The third-order valence-corrected chi connectivity index (χ3v) is 7.50. The van der Waals surface area contributed by atoms with Gasteiger partial charge in [0.25, 0.3) is 5.56 Å². The van der Waals surface area contributed by atoms with E-state index in [0.29, 0.717) is 0 Å². The first-order valence-corrected chi connectivity index (χ1v) is 12.3. The molecule has 0 spiro atoms. The normalized spacial score (nSPS) is 29.3. The minimum atomic E-state index is -5.62. The van der Waals surface area contributed by atoms with Gasteiger partial charge in [0.05, 0.1) is 12.2 Å². The molecular weight excluding hydrogens is 461 g/mol. The lowest BCUT2D eigenvalue weighted by molar-refractivity contribution is -0.0913. The van der Waals surface area contributed by atoms with Crippen LogP contribution in [0.3, 0.4) is 0 Å². The van der Waals surface area contributed by atoms with Crippen LogP contribution in [-0.4, -0.2) is 41.3 Å². The van der Waals surface area contributed by atoms with Crippen molar-refractivity contribution in [2.75, 3.05) is 6.61 Å². The lowest BCUT2D eigenvalue weighted by Gasteiger charge is -2.26. The number of rotatable bonds is 8. The van der Waals surface area contributed by atoms with E-state index in [1.54, 1.807) is 6.92 Å². The van der Waals surface area contributed by atoms with Gasteiger partial charge < -0.3 is 24.3 Å². The molecule has 0 radical (unpaired) electrons. The second kappa shape index (κ2) is 8.29. The second-order valence-corrected chi connectivity index (χ2v) is 10.9. The molecule has 2 unspecified atom stereocenters. The quantitative estimate of drug-likeness (QED) is 0.314. The summed E-state index contributed by atoms with van der Waals surface area (Å²) in [5.41, 5.74) is -2.59. The Balaban J connectivity index is 2.07. The van der Waals surface area contributed by atoms with Crippen molar-refractivity contribution in [1.29, 1.82) is 0 Å². The maximum atomic E-state index is 11.9. The van der Waals surface area contributed by atoms with Crippen molar-refractivity contribution in [3.05, 3.63) is 33.1 Å². The van der Waals surface area contributed by atoms with E-state index in [1.165, 1.54) is 13.1 Å². The number of hydrogen-bond acceptors (Lipinski definition) is 9. The number of nitrogens with zero attached hydrogens (tertiary/aromatic N) is 1. The maximum absolute atomic E-state index is 11.9. The largest absolute Gasteiger partial charge is 0.490 e. The van der Waals surface area contributed by atoms with Gasteiger partial charge in [0, 0.05) is 18.2 Å². The van der Waals surface area contributed by atoms with Crippen LogP contribution in [0.5, 0.6) is 0 Å². The molecule has 1 aromatic heterocycles. The van der Waals surface area contributed by atoms with Crippen molar-refractivity contribution in [2.24, 2.45) is 5.92 Å². The third kappa shape index (κ3) is 7.06. The van der Waals surface area contributed by atoms with Gasteiger partial charge in [-0.3, -0.25) is 18.9 Å². The smallest absolute Gasteiger partial charge is 0.349 e. The summed E-state index contributed by atoms with van der Waals surface area (Å²) in [5.74, 6) is -0.312. The molecule has 1 aliphatic heterocycles. The zero-order chi connectivity index (χ0) is 22.3. The lowest BCUT2D eigenvalue weighted by atomic mass is 9.97. The fourth-order valence-electron chi connectivity index (χ4n) is 2.81. The Morgan fingerprint density at radius 2 is 1.83 bits per heavy atom. The molecule has 0 aliphatic carbocycles. The summed E-state index contributed by atoms with van der Waals surface area (Å²) < 4.78 is 52.5. The molecule has 0 amide bonds. The topological polar surface area (TPSA) is 224 Å². The number of aromatic amines is 1. The Morgan fingerprint density at radius 3 is 2.38 bits per heavy atom. The van der Waals surface area contributed by atoms with Gasteiger partial charge in [-0.2, -0.15) is 8.62 Å². The van der Waals surface area contributed by atoms with Crippen molar-refractivity contribution >= 4 is 23.5 Å². The van der Waals surface area contributed by atoms with Crippen molar-refractivity contribution in [2.45, 2.75) is 32.1 Å². The van der Waals surface area contributed by atoms with Crippen molar-refractivity contribution in [1.82, 2.24) is 9.55 Å². The average molecular weight is 480 g/mol. The summed E-state index contributed by atoms with van der Waals surface area (Å²) in [6.07, 6.45) is 0.573. The minimum Gasteiger partial charge on any atom is -0.349 e. The molecule has 166 valence electrons. The number of hydrogen-bond donors (Lipinski definition) is 5. The summed E-state index contributed by atoms with van der Waals surface area (Å²) in [6.45, 7) is 2.51. The van der Waals surface area contributed by atoms with E-state index < -0.39 is 53.2 Å². The summed E-state index contributed by atoms with van der Waals surface area (Å²) in [6, 6.07) is 1.11. The number of nitrogens with one attached hydrogen (secondary N) is 1. The Labute approximate surface area is 162 Å². The van der Waals surface area contributed by atoms with Crippen LogP contribution < -0.4 is 11.2 Å². The minimum absolute atomic E-state index is 0.207. The molecule has 2 rings (SSSR count). The summed E-state index contributed by atoms with van der Waals surface area (Å²) >= 11 is 0. The van der Waals surface area contributed by atoms with Gasteiger partial charge in [-0.15, -0.1) is 0 Å². The first-order valence-electron chi connectivity index (χ1n) is 7.79. The van der Waals surface area contributed by atoms with Gasteiger partial charge in [0.15, 0.2) is 0 Å². The van der Waals surface area contributed by atoms with Crippen LogP contribution in [0.1, 0.15) is 26.5 Å². The third-order valence-electron chi connectivity index (χ3n) is 3.72. The second-order valence-electron chi connectivity index (χ2n) is 6.52. The Bertz CT molecular complexity index is 1010. The van der Waals surface area contributed by atoms with Crippen LogP contribution in [0.25, 0.3) is 0 Å². The molecule has 15 nitrogen and oxygen atoms in total. The van der Waals surface area contributed by atoms with E-state index in [9.17, 15) is 28.2 Å². The highest BCUT2D eigenvalue weighted by atomic mass is 31.3. The van der Waals surface area contributed by atoms with E-state index in [2.05, 4.69) is 18.1 Å². The van der Waals surface area contributed by atoms with E-state index in [0.717, 1.165) is 10.6 Å². The summed E-state index contributed by atoms with van der Waals surface area (Å²) in [7, 11) is -16.4. The van der Waals surface area contributed by atoms with Crippen LogP contribution in [0.15, 0.2) is 21.9 Å². The molecule has 29 heavy (non-hydrogen) atoms. The number of aromatic nitrogens is 2. The van der Waals surface area contributed by atoms with Crippen molar-refractivity contribution in [3.63, 3.8) is 0 Å². The molecule has 0 bridgehead atoms. The highest BCUT2D eigenvalue weighted by molar-refractivity contribution is 7.66. The molecule has 2 heterocycles. The molecule has 5 atom stereocenters.